The molecule has 0 saturated carbocycles. The van der Waals surface area contributed by atoms with Gasteiger partial charge in [-0.3, -0.25) is 0 Å². The van der Waals surface area contributed by atoms with Gasteiger partial charge in [-0.15, -0.1) is 0 Å². The van der Waals surface area contributed by atoms with Crippen LogP contribution in [0.25, 0.3) is 10.8 Å². The summed E-state index contributed by atoms with van der Waals surface area (Å²) in [6.07, 6.45) is 0. The SMILES string of the molecule is CCNS(=O)(=O)c1ccc(NC(=O)Nc2cccc3ccccc23)cc1. The fraction of sp³-hybridized carbons (Fsp3) is 0.105. The Balaban J connectivity index is 1.72. The standard InChI is InChI=1S/C19H19N3O3S/c1-2-20-26(24,25)16-12-10-15(11-13-16)21-19(23)22-18-9-5-7-14-6-3-4-8-17(14)18/h3-13,20H,2H2,1H3,(H2,21,22,23). The Morgan fingerprint density at radius 1 is 0.885 bits per heavy atom. The highest BCUT2D eigenvalue weighted by Gasteiger charge is 2.12. The normalized spacial score (nSPS) is 11.3. The number of hydrogen-bond donors (Lipinski definition) is 3. The maximum Gasteiger partial charge on any atom is 0.323 e. The second kappa shape index (κ2) is 7.55. The van der Waals surface area contributed by atoms with Gasteiger partial charge in [0.05, 0.1) is 10.6 Å². The molecule has 7 heteroatoms. The van der Waals surface area contributed by atoms with Gasteiger partial charge in [0, 0.05) is 17.6 Å². The smallest absolute Gasteiger partial charge is 0.308 e. The van der Waals surface area contributed by atoms with Crippen molar-refractivity contribution in [2.24, 2.45) is 0 Å². The molecule has 0 fully saturated rings. The van der Waals surface area contributed by atoms with Crippen molar-refractivity contribution in [2.45, 2.75) is 11.8 Å². The first-order valence-electron chi connectivity index (χ1n) is 8.15. The molecule has 0 atom stereocenters. The molecule has 0 spiro atoms. The topological polar surface area (TPSA) is 87.3 Å². The minimum Gasteiger partial charge on any atom is -0.308 e. The Morgan fingerprint density at radius 2 is 1.58 bits per heavy atom. The zero-order valence-corrected chi connectivity index (χ0v) is 15.0. The van der Waals surface area contributed by atoms with Gasteiger partial charge >= 0.3 is 6.03 Å². The summed E-state index contributed by atoms with van der Waals surface area (Å²) in [5, 5.41) is 7.49. The van der Waals surface area contributed by atoms with Crippen molar-refractivity contribution in [1.29, 1.82) is 0 Å². The summed E-state index contributed by atoms with van der Waals surface area (Å²) >= 11 is 0. The van der Waals surface area contributed by atoms with Crippen LogP contribution in [0.3, 0.4) is 0 Å². The average Bonchev–Trinajstić information content (AvgIpc) is 2.62. The number of hydrogen-bond acceptors (Lipinski definition) is 3. The number of urea groups is 1. The number of rotatable bonds is 5. The van der Waals surface area contributed by atoms with Crippen LogP contribution in [-0.4, -0.2) is 21.0 Å². The van der Waals surface area contributed by atoms with Crippen molar-refractivity contribution in [3.05, 3.63) is 66.7 Å². The number of fused-ring (bicyclic) bond motifs is 1. The van der Waals surface area contributed by atoms with E-state index in [1.165, 1.54) is 12.1 Å². The van der Waals surface area contributed by atoms with E-state index >= 15 is 0 Å². The fourth-order valence-corrected chi connectivity index (χ4v) is 3.65. The molecule has 0 heterocycles. The number of carbonyl (C=O) groups is 1. The third-order valence-electron chi connectivity index (χ3n) is 3.79. The maximum absolute atomic E-state index is 12.3. The molecular formula is C19H19N3O3S. The Morgan fingerprint density at radius 3 is 2.31 bits per heavy atom. The van der Waals surface area contributed by atoms with E-state index in [2.05, 4.69) is 15.4 Å². The summed E-state index contributed by atoms with van der Waals surface area (Å²) in [5.74, 6) is 0. The molecule has 134 valence electrons. The van der Waals surface area contributed by atoms with Gasteiger partial charge in [-0.2, -0.15) is 0 Å². The van der Waals surface area contributed by atoms with Gasteiger partial charge in [0.1, 0.15) is 0 Å². The molecule has 0 aliphatic heterocycles. The first-order chi connectivity index (χ1) is 12.5. The van der Waals surface area contributed by atoms with Crippen molar-refractivity contribution >= 4 is 38.2 Å². The van der Waals surface area contributed by atoms with Gasteiger partial charge in [-0.1, -0.05) is 43.3 Å². The van der Waals surface area contributed by atoms with Gasteiger partial charge in [-0.25, -0.2) is 17.9 Å². The van der Waals surface area contributed by atoms with E-state index < -0.39 is 16.1 Å². The van der Waals surface area contributed by atoms with Crippen molar-refractivity contribution in [2.75, 3.05) is 17.2 Å². The van der Waals surface area contributed by atoms with Crippen LogP contribution >= 0.6 is 0 Å². The Labute approximate surface area is 152 Å². The summed E-state index contributed by atoms with van der Waals surface area (Å²) in [6, 6.07) is 19.0. The molecule has 0 unspecified atom stereocenters. The van der Waals surface area contributed by atoms with E-state index in [4.69, 9.17) is 0 Å². The lowest BCUT2D eigenvalue weighted by molar-refractivity contribution is 0.262. The molecule has 0 aliphatic rings. The summed E-state index contributed by atoms with van der Waals surface area (Å²) in [5.41, 5.74) is 1.20. The molecule has 0 radical (unpaired) electrons. The maximum atomic E-state index is 12.3. The predicted octanol–water partition coefficient (Wildman–Crippen LogP) is 3.78. The van der Waals surface area contributed by atoms with Crippen LogP contribution < -0.4 is 15.4 Å². The largest absolute Gasteiger partial charge is 0.323 e. The van der Waals surface area contributed by atoms with Crippen molar-refractivity contribution in [1.82, 2.24) is 4.72 Å². The van der Waals surface area contributed by atoms with Crippen LogP contribution in [0.4, 0.5) is 16.2 Å². The van der Waals surface area contributed by atoms with E-state index in [0.29, 0.717) is 17.9 Å². The molecule has 0 aliphatic carbocycles. The first kappa shape index (κ1) is 17.9. The summed E-state index contributed by atoms with van der Waals surface area (Å²) in [7, 11) is -3.51. The Kier molecular flexibility index (Phi) is 5.20. The molecule has 2 amide bonds. The minimum absolute atomic E-state index is 0.152. The molecule has 0 saturated heterocycles. The van der Waals surface area contributed by atoms with Crippen LogP contribution in [-0.2, 0) is 10.0 Å². The number of carbonyl (C=O) groups excluding carboxylic acids is 1. The van der Waals surface area contributed by atoms with Gasteiger partial charge in [0.15, 0.2) is 0 Å². The highest BCUT2D eigenvalue weighted by atomic mass is 32.2. The van der Waals surface area contributed by atoms with Crippen LogP contribution in [0.1, 0.15) is 6.92 Å². The highest BCUT2D eigenvalue weighted by Crippen LogP contribution is 2.23. The fourth-order valence-electron chi connectivity index (χ4n) is 2.61. The minimum atomic E-state index is -3.51. The number of nitrogens with one attached hydrogen (secondary N) is 3. The lowest BCUT2D eigenvalue weighted by Crippen LogP contribution is -2.23. The predicted molar refractivity (Wildman–Crippen MR) is 104 cm³/mol. The van der Waals surface area contributed by atoms with E-state index in [9.17, 15) is 13.2 Å². The third kappa shape index (κ3) is 4.01. The Bertz CT molecular complexity index is 1030. The second-order valence-electron chi connectivity index (χ2n) is 5.63. The van der Waals surface area contributed by atoms with Crippen LogP contribution in [0, 0.1) is 0 Å². The zero-order chi connectivity index (χ0) is 18.6. The number of sulfonamides is 1. The summed E-state index contributed by atoms with van der Waals surface area (Å²) in [4.78, 5) is 12.4. The quantitative estimate of drug-likeness (QED) is 0.639. The van der Waals surface area contributed by atoms with Gasteiger partial charge in [-0.05, 0) is 35.7 Å². The molecule has 0 aromatic heterocycles. The summed E-state index contributed by atoms with van der Waals surface area (Å²) < 4.78 is 26.3. The molecule has 26 heavy (non-hydrogen) atoms. The summed E-state index contributed by atoms with van der Waals surface area (Å²) in [6.45, 7) is 2.03. The van der Waals surface area contributed by atoms with Crippen molar-refractivity contribution < 1.29 is 13.2 Å². The monoisotopic (exact) mass is 369 g/mol. The van der Waals surface area contributed by atoms with E-state index in [0.717, 1.165) is 10.8 Å². The number of benzene rings is 3. The third-order valence-corrected chi connectivity index (χ3v) is 5.36. The van der Waals surface area contributed by atoms with Crippen LogP contribution in [0.15, 0.2) is 71.6 Å². The van der Waals surface area contributed by atoms with Crippen LogP contribution in [0.5, 0.6) is 0 Å². The highest BCUT2D eigenvalue weighted by molar-refractivity contribution is 7.89. The van der Waals surface area contributed by atoms with Crippen molar-refractivity contribution in [3.63, 3.8) is 0 Å². The number of amides is 2. The van der Waals surface area contributed by atoms with E-state index in [1.807, 2.05) is 42.5 Å². The molecule has 3 N–H and O–H groups in total. The molecule has 3 aromatic rings. The van der Waals surface area contributed by atoms with Gasteiger partial charge in [0.2, 0.25) is 10.0 Å². The average molecular weight is 369 g/mol. The lowest BCUT2D eigenvalue weighted by atomic mass is 10.1. The molecule has 6 nitrogen and oxygen atoms in total. The molecule has 0 bridgehead atoms. The Hall–Kier alpha value is -2.90. The first-order valence-corrected chi connectivity index (χ1v) is 9.63. The lowest BCUT2D eigenvalue weighted by Gasteiger charge is -2.11. The molecular weight excluding hydrogens is 350 g/mol. The zero-order valence-electron chi connectivity index (χ0n) is 14.2. The van der Waals surface area contributed by atoms with Gasteiger partial charge in [0.25, 0.3) is 0 Å². The van der Waals surface area contributed by atoms with Crippen molar-refractivity contribution in [3.8, 4) is 0 Å². The van der Waals surface area contributed by atoms with Gasteiger partial charge < -0.3 is 10.6 Å². The second-order valence-corrected chi connectivity index (χ2v) is 7.40. The number of anilines is 2. The molecule has 3 aromatic carbocycles. The molecule has 3 rings (SSSR count). The van der Waals surface area contributed by atoms with E-state index in [1.54, 1.807) is 19.1 Å². The van der Waals surface area contributed by atoms with E-state index in [-0.39, 0.29) is 4.90 Å². The van der Waals surface area contributed by atoms with Crippen LogP contribution in [0.2, 0.25) is 0 Å².